The van der Waals surface area contributed by atoms with Crippen LogP contribution in [0.3, 0.4) is 0 Å². The van der Waals surface area contributed by atoms with E-state index >= 15 is 0 Å². The molecule has 2 saturated carbocycles. The van der Waals surface area contributed by atoms with Crippen LogP contribution in [-0.2, 0) is 10.0 Å². The molecule has 0 aliphatic heterocycles. The van der Waals surface area contributed by atoms with E-state index in [1.165, 1.54) is 31.7 Å². The molecule has 3 rings (SSSR count). The Morgan fingerprint density at radius 3 is 2.71 bits per heavy atom. The van der Waals surface area contributed by atoms with Crippen molar-refractivity contribution in [3.8, 4) is 6.07 Å². The SMILES string of the molecule is Cc1cc(S(=O)(=O)NCC2CC3CCC2C3)ccc1C#N. The molecule has 0 heterocycles. The summed E-state index contributed by atoms with van der Waals surface area (Å²) in [4.78, 5) is 0.252. The number of hydrogen-bond acceptors (Lipinski definition) is 3. The number of aryl methyl sites for hydroxylation is 1. The molecule has 5 heteroatoms. The van der Waals surface area contributed by atoms with Gasteiger partial charge in [-0.05, 0) is 67.7 Å². The van der Waals surface area contributed by atoms with Crippen LogP contribution < -0.4 is 4.72 Å². The van der Waals surface area contributed by atoms with E-state index in [1.54, 1.807) is 19.1 Å². The molecular formula is C16H20N2O2S. The van der Waals surface area contributed by atoms with Gasteiger partial charge < -0.3 is 0 Å². The van der Waals surface area contributed by atoms with Crippen molar-refractivity contribution in [1.82, 2.24) is 4.72 Å². The second kappa shape index (κ2) is 5.43. The van der Waals surface area contributed by atoms with Crippen molar-refractivity contribution < 1.29 is 8.42 Å². The molecule has 0 spiro atoms. The van der Waals surface area contributed by atoms with Gasteiger partial charge in [0.15, 0.2) is 0 Å². The second-order valence-electron chi connectivity index (χ2n) is 6.38. The van der Waals surface area contributed by atoms with E-state index in [-0.39, 0.29) is 4.90 Å². The Balaban J connectivity index is 1.69. The summed E-state index contributed by atoms with van der Waals surface area (Å²) >= 11 is 0. The van der Waals surface area contributed by atoms with E-state index in [0.29, 0.717) is 29.5 Å². The van der Waals surface area contributed by atoms with Crippen molar-refractivity contribution in [2.24, 2.45) is 17.8 Å². The molecule has 0 amide bonds. The van der Waals surface area contributed by atoms with Gasteiger partial charge in [-0.15, -0.1) is 0 Å². The van der Waals surface area contributed by atoms with Crippen LogP contribution in [0, 0.1) is 36.0 Å². The monoisotopic (exact) mass is 304 g/mol. The molecule has 3 atom stereocenters. The third-order valence-corrected chi connectivity index (χ3v) is 6.47. The number of sulfonamides is 1. The van der Waals surface area contributed by atoms with Gasteiger partial charge in [0.25, 0.3) is 0 Å². The highest BCUT2D eigenvalue weighted by Gasteiger charge is 2.39. The van der Waals surface area contributed by atoms with Crippen molar-refractivity contribution >= 4 is 10.0 Å². The second-order valence-corrected chi connectivity index (χ2v) is 8.14. The molecule has 4 nitrogen and oxygen atoms in total. The lowest BCUT2D eigenvalue weighted by molar-refractivity contribution is 0.333. The molecule has 21 heavy (non-hydrogen) atoms. The minimum Gasteiger partial charge on any atom is -0.211 e. The molecule has 112 valence electrons. The first-order valence-corrected chi connectivity index (χ1v) is 8.98. The fourth-order valence-corrected chi connectivity index (χ4v) is 5.03. The lowest BCUT2D eigenvalue weighted by atomic mass is 9.89. The number of rotatable bonds is 4. The highest BCUT2D eigenvalue weighted by Crippen LogP contribution is 2.48. The maximum Gasteiger partial charge on any atom is 0.240 e. The number of nitriles is 1. The van der Waals surface area contributed by atoms with Crippen LogP contribution in [0.4, 0.5) is 0 Å². The number of benzene rings is 1. The number of nitrogens with zero attached hydrogens (tertiary/aromatic N) is 1. The van der Waals surface area contributed by atoms with E-state index in [9.17, 15) is 8.42 Å². The van der Waals surface area contributed by atoms with Crippen molar-refractivity contribution in [3.63, 3.8) is 0 Å². The van der Waals surface area contributed by atoms with Crippen LogP contribution in [0.25, 0.3) is 0 Å². The minimum atomic E-state index is -3.47. The van der Waals surface area contributed by atoms with E-state index in [4.69, 9.17) is 5.26 Å². The molecule has 2 aliphatic rings. The zero-order valence-electron chi connectivity index (χ0n) is 12.2. The summed E-state index contributed by atoms with van der Waals surface area (Å²) in [6.07, 6.45) is 5.03. The van der Waals surface area contributed by atoms with Crippen LogP contribution >= 0.6 is 0 Å². The molecule has 1 aromatic carbocycles. The van der Waals surface area contributed by atoms with Gasteiger partial charge in [-0.3, -0.25) is 0 Å². The Kier molecular flexibility index (Phi) is 3.76. The van der Waals surface area contributed by atoms with Gasteiger partial charge in [0.05, 0.1) is 16.5 Å². The van der Waals surface area contributed by atoms with Gasteiger partial charge >= 0.3 is 0 Å². The van der Waals surface area contributed by atoms with Crippen LogP contribution in [0.1, 0.15) is 36.8 Å². The van der Waals surface area contributed by atoms with Crippen molar-refractivity contribution in [3.05, 3.63) is 29.3 Å². The molecule has 0 aromatic heterocycles. The van der Waals surface area contributed by atoms with E-state index < -0.39 is 10.0 Å². The van der Waals surface area contributed by atoms with E-state index in [2.05, 4.69) is 10.8 Å². The smallest absolute Gasteiger partial charge is 0.211 e. The minimum absolute atomic E-state index is 0.252. The van der Waals surface area contributed by atoms with Crippen molar-refractivity contribution in [1.29, 1.82) is 5.26 Å². The van der Waals surface area contributed by atoms with Gasteiger partial charge in [-0.1, -0.05) is 6.42 Å². The van der Waals surface area contributed by atoms with Crippen LogP contribution in [0.5, 0.6) is 0 Å². The first kappa shape index (κ1) is 14.6. The van der Waals surface area contributed by atoms with Gasteiger partial charge in [0, 0.05) is 6.54 Å². The Hall–Kier alpha value is -1.38. The Labute approximate surface area is 126 Å². The first-order chi connectivity index (χ1) is 9.99. The lowest BCUT2D eigenvalue weighted by Gasteiger charge is -2.21. The maximum atomic E-state index is 12.4. The normalized spacial score (nSPS) is 27.7. The number of hydrogen-bond donors (Lipinski definition) is 1. The zero-order valence-corrected chi connectivity index (χ0v) is 13.0. The average Bonchev–Trinajstić information content (AvgIpc) is 3.07. The summed E-state index contributed by atoms with van der Waals surface area (Å²) in [5.41, 5.74) is 1.21. The predicted molar refractivity (Wildman–Crippen MR) is 80.0 cm³/mol. The molecule has 1 aromatic rings. The summed E-state index contributed by atoms with van der Waals surface area (Å²) in [5, 5.41) is 8.90. The number of nitrogens with one attached hydrogen (secondary N) is 1. The predicted octanol–water partition coefficient (Wildman–Crippen LogP) is 2.58. The molecule has 2 fully saturated rings. The zero-order chi connectivity index (χ0) is 15.0. The number of fused-ring (bicyclic) bond motifs is 2. The molecule has 1 N–H and O–H groups in total. The van der Waals surface area contributed by atoms with E-state index in [0.717, 1.165) is 5.92 Å². The van der Waals surface area contributed by atoms with Crippen LogP contribution in [0.15, 0.2) is 23.1 Å². The fourth-order valence-electron chi connectivity index (χ4n) is 3.86. The molecule has 0 radical (unpaired) electrons. The first-order valence-electron chi connectivity index (χ1n) is 7.50. The highest BCUT2D eigenvalue weighted by atomic mass is 32.2. The van der Waals surface area contributed by atoms with Gasteiger partial charge in [-0.25, -0.2) is 13.1 Å². The Morgan fingerprint density at radius 1 is 1.33 bits per heavy atom. The molecule has 0 saturated heterocycles. The Bertz CT molecular complexity index is 691. The molecule has 2 aliphatic carbocycles. The highest BCUT2D eigenvalue weighted by molar-refractivity contribution is 7.89. The van der Waals surface area contributed by atoms with Gasteiger partial charge in [0.2, 0.25) is 10.0 Å². The summed E-state index contributed by atoms with van der Waals surface area (Å²) in [7, 11) is -3.47. The standard InChI is InChI=1S/C16H20N2O2S/c1-11-6-16(5-4-14(11)9-17)21(19,20)18-10-15-8-12-2-3-13(15)7-12/h4-6,12-13,15,18H,2-3,7-8,10H2,1H3. The average molecular weight is 304 g/mol. The quantitative estimate of drug-likeness (QED) is 0.929. The third kappa shape index (κ3) is 2.83. The summed E-state index contributed by atoms with van der Waals surface area (Å²) in [6.45, 7) is 2.30. The fraction of sp³-hybridized carbons (Fsp3) is 0.562. The Morgan fingerprint density at radius 2 is 2.14 bits per heavy atom. The molecular weight excluding hydrogens is 284 g/mol. The van der Waals surface area contributed by atoms with E-state index in [1.807, 2.05) is 0 Å². The van der Waals surface area contributed by atoms with Crippen LogP contribution in [0.2, 0.25) is 0 Å². The topological polar surface area (TPSA) is 70.0 Å². The summed E-state index contributed by atoms with van der Waals surface area (Å²) in [6, 6.07) is 6.70. The summed E-state index contributed by atoms with van der Waals surface area (Å²) in [5.74, 6) is 2.03. The molecule has 3 unspecified atom stereocenters. The van der Waals surface area contributed by atoms with Gasteiger partial charge in [-0.2, -0.15) is 5.26 Å². The van der Waals surface area contributed by atoms with Crippen molar-refractivity contribution in [2.75, 3.05) is 6.54 Å². The van der Waals surface area contributed by atoms with Crippen molar-refractivity contribution in [2.45, 2.75) is 37.5 Å². The maximum absolute atomic E-state index is 12.4. The van der Waals surface area contributed by atoms with Crippen LogP contribution in [-0.4, -0.2) is 15.0 Å². The largest absolute Gasteiger partial charge is 0.240 e. The lowest BCUT2D eigenvalue weighted by Crippen LogP contribution is -2.31. The van der Waals surface area contributed by atoms with Gasteiger partial charge in [0.1, 0.15) is 0 Å². The molecule has 2 bridgehead atoms. The summed E-state index contributed by atoms with van der Waals surface area (Å²) < 4.78 is 27.5. The third-order valence-electron chi connectivity index (χ3n) is 5.05.